The van der Waals surface area contributed by atoms with Gasteiger partial charge in [-0.3, -0.25) is 0 Å². The second kappa shape index (κ2) is 3.56. The molecule has 0 aromatic carbocycles. The van der Waals surface area contributed by atoms with Crippen LogP contribution in [0.4, 0.5) is 30.7 Å². The van der Waals surface area contributed by atoms with Gasteiger partial charge in [0, 0.05) is 0 Å². The first-order chi connectivity index (χ1) is 5.98. The first-order valence-electron chi connectivity index (χ1n) is 3.48. The molecule has 0 radical (unpaired) electrons. The third kappa shape index (κ3) is 1.94. The van der Waals surface area contributed by atoms with E-state index in [1.54, 1.807) is 0 Å². The smallest absolute Gasteiger partial charge is 0.371 e. The van der Waals surface area contributed by atoms with E-state index in [1.165, 1.54) is 0 Å². The predicted molar refractivity (Wildman–Crippen MR) is 32.2 cm³/mol. The molecule has 0 saturated carbocycles. The van der Waals surface area contributed by atoms with Gasteiger partial charge in [-0.05, 0) is 6.42 Å². The number of halogens is 7. The highest BCUT2D eigenvalue weighted by Gasteiger charge is 2.74. The lowest BCUT2D eigenvalue weighted by atomic mass is 9.94. The molecule has 0 amide bonds. The van der Waals surface area contributed by atoms with Gasteiger partial charge in [-0.1, -0.05) is 6.92 Å². The van der Waals surface area contributed by atoms with Crippen molar-refractivity contribution in [3.05, 3.63) is 0 Å². The fourth-order valence-electron chi connectivity index (χ4n) is 0.811. The van der Waals surface area contributed by atoms with Crippen LogP contribution in [0.3, 0.4) is 0 Å². The summed E-state index contributed by atoms with van der Waals surface area (Å²) >= 11 is 0. The molecule has 86 valence electrons. The molecule has 0 heterocycles. The quantitative estimate of drug-likeness (QED) is 0.720. The van der Waals surface area contributed by atoms with Crippen LogP contribution in [0.2, 0.25) is 0 Å². The molecule has 1 atom stereocenters. The van der Waals surface area contributed by atoms with Gasteiger partial charge in [0.25, 0.3) is 5.60 Å². The molecule has 8 heteroatoms. The van der Waals surface area contributed by atoms with Gasteiger partial charge in [0.05, 0.1) is 0 Å². The second-order valence-corrected chi connectivity index (χ2v) is 2.64. The Bertz CT molecular complexity index is 179. The molecule has 0 rings (SSSR count). The summed E-state index contributed by atoms with van der Waals surface area (Å²) in [4.78, 5) is 0. The van der Waals surface area contributed by atoms with Crippen molar-refractivity contribution in [2.45, 2.75) is 37.5 Å². The Labute approximate surface area is 74.5 Å². The van der Waals surface area contributed by atoms with Crippen molar-refractivity contribution in [2.75, 3.05) is 0 Å². The number of aliphatic hydroxyl groups is 1. The lowest BCUT2D eigenvalue weighted by Crippen LogP contribution is -2.62. The Morgan fingerprint density at radius 3 is 1.36 bits per heavy atom. The number of alkyl halides is 7. The van der Waals surface area contributed by atoms with Crippen LogP contribution in [-0.2, 0) is 0 Å². The van der Waals surface area contributed by atoms with E-state index in [2.05, 4.69) is 0 Å². The van der Waals surface area contributed by atoms with Gasteiger partial charge >= 0.3 is 12.4 Å². The van der Waals surface area contributed by atoms with Gasteiger partial charge in [-0.25, -0.2) is 4.39 Å². The summed E-state index contributed by atoms with van der Waals surface area (Å²) < 4.78 is 83.4. The van der Waals surface area contributed by atoms with Crippen LogP contribution in [0, 0.1) is 0 Å². The average Bonchev–Trinajstić information content (AvgIpc) is 1.97. The van der Waals surface area contributed by atoms with Crippen LogP contribution in [0.25, 0.3) is 0 Å². The monoisotopic (exact) mass is 228 g/mol. The van der Waals surface area contributed by atoms with Gasteiger partial charge in [0.15, 0.2) is 0 Å². The topological polar surface area (TPSA) is 20.2 Å². The molecule has 1 nitrogen and oxygen atoms in total. The van der Waals surface area contributed by atoms with Crippen molar-refractivity contribution >= 4 is 0 Å². The normalized spacial score (nSPS) is 16.9. The minimum atomic E-state index is -6.08. The Morgan fingerprint density at radius 1 is 1.00 bits per heavy atom. The van der Waals surface area contributed by atoms with E-state index >= 15 is 0 Å². The summed E-state index contributed by atoms with van der Waals surface area (Å²) in [6, 6.07) is 0. The molecule has 0 spiro atoms. The lowest BCUT2D eigenvalue weighted by Gasteiger charge is -2.34. The minimum absolute atomic E-state index is 0.771. The molecular weight excluding hydrogens is 221 g/mol. The average molecular weight is 228 g/mol. The van der Waals surface area contributed by atoms with Crippen molar-refractivity contribution < 1.29 is 35.8 Å². The highest BCUT2D eigenvalue weighted by molar-refractivity contribution is 4.99. The van der Waals surface area contributed by atoms with Crippen LogP contribution in [0.15, 0.2) is 0 Å². The Morgan fingerprint density at radius 2 is 1.29 bits per heavy atom. The van der Waals surface area contributed by atoms with Crippen molar-refractivity contribution in [1.82, 2.24) is 0 Å². The van der Waals surface area contributed by atoms with E-state index < -0.39 is 30.5 Å². The van der Waals surface area contributed by atoms with E-state index in [9.17, 15) is 30.7 Å². The van der Waals surface area contributed by atoms with E-state index in [4.69, 9.17) is 5.11 Å². The highest BCUT2D eigenvalue weighted by atomic mass is 19.4. The Hall–Kier alpha value is -0.530. The summed E-state index contributed by atoms with van der Waals surface area (Å²) in [5.74, 6) is 0. The minimum Gasteiger partial charge on any atom is -0.371 e. The van der Waals surface area contributed by atoms with E-state index in [0.717, 1.165) is 6.92 Å². The molecule has 1 N–H and O–H groups in total. The molecule has 0 unspecified atom stereocenters. The van der Waals surface area contributed by atoms with E-state index in [-0.39, 0.29) is 0 Å². The maximum Gasteiger partial charge on any atom is 0.429 e. The molecule has 0 bridgehead atoms. The van der Waals surface area contributed by atoms with Gasteiger partial charge in [-0.2, -0.15) is 26.3 Å². The van der Waals surface area contributed by atoms with Gasteiger partial charge in [0.1, 0.15) is 6.17 Å². The van der Waals surface area contributed by atoms with Gasteiger partial charge in [-0.15, -0.1) is 0 Å². The fourth-order valence-corrected chi connectivity index (χ4v) is 0.811. The highest BCUT2D eigenvalue weighted by Crippen LogP contribution is 2.46. The molecule has 14 heavy (non-hydrogen) atoms. The first kappa shape index (κ1) is 13.5. The summed E-state index contributed by atoms with van der Waals surface area (Å²) in [6.07, 6.45) is -16.7. The molecule has 0 aliphatic heterocycles. The van der Waals surface area contributed by atoms with Gasteiger partial charge < -0.3 is 5.11 Å². The van der Waals surface area contributed by atoms with Crippen LogP contribution in [0.1, 0.15) is 13.3 Å². The lowest BCUT2D eigenvalue weighted by molar-refractivity contribution is -0.384. The third-order valence-corrected chi connectivity index (χ3v) is 1.68. The zero-order valence-electron chi connectivity index (χ0n) is 6.88. The number of rotatable bonds is 2. The second-order valence-electron chi connectivity index (χ2n) is 2.64. The van der Waals surface area contributed by atoms with E-state index in [0.29, 0.717) is 0 Å². The van der Waals surface area contributed by atoms with Crippen molar-refractivity contribution in [2.24, 2.45) is 0 Å². The predicted octanol–water partition coefficient (Wildman–Crippen LogP) is 2.59. The molecule has 0 fully saturated rings. The number of hydrogen-bond acceptors (Lipinski definition) is 1. The Balaban J connectivity index is 5.29. The summed E-state index contributed by atoms with van der Waals surface area (Å²) in [5, 5.41) is 8.33. The third-order valence-electron chi connectivity index (χ3n) is 1.68. The molecular formula is C6H7F7O. The zero-order chi connectivity index (χ0) is 11.8. The zero-order valence-corrected chi connectivity index (χ0v) is 6.88. The van der Waals surface area contributed by atoms with Crippen LogP contribution in [0.5, 0.6) is 0 Å². The largest absolute Gasteiger partial charge is 0.429 e. The SMILES string of the molecule is CC[C@H](F)C(O)(C(F)(F)F)C(F)(F)F. The fraction of sp³-hybridized carbons (Fsp3) is 1.00. The van der Waals surface area contributed by atoms with Crippen LogP contribution in [-0.4, -0.2) is 29.2 Å². The van der Waals surface area contributed by atoms with E-state index in [1.807, 2.05) is 0 Å². The first-order valence-corrected chi connectivity index (χ1v) is 3.48. The van der Waals surface area contributed by atoms with Crippen molar-refractivity contribution in [3.8, 4) is 0 Å². The maximum absolute atomic E-state index is 12.5. The molecule has 0 aromatic heterocycles. The summed E-state index contributed by atoms with van der Waals surface area (Å²) in [5.41, 5.74) is -5.28. The molecule has 0 aromatic rings. The summed E-state index contributed by atoms with van der Waals surface area (Å²) in [6.45, 7) is 0.771. The molecule has 0 saturated heterocycles. The van der Waals surface area contributed by atoms with Crippen LogP contribution >= 0.6 is 0 Å². The number of hydrogen-bond donors (Lipinski definition) is 1. The molecule has 0 aliphatic carbocycles. The van der Waals surface area contributed by atoms with Gasteiger partial charge in [0.2, 0.25) is 0 Å². The summed E-state index contributed by atoms with van der Waals surface area (Å²) in [7, 11) is 0. The maximum atomic E-state index is 12.5. The molecule has 0 aliphatic rings. The van der Waals surface area contributed by atoms with Crippen molar-refractivity contribution in [1.29, 1.82) is 0 Å². The standard InChI is InChI=1S/C6H7F7O/c1-2-3(7)4(14,5(8,9)10)6(11,12)13/h3,14H,2H2,1H3/t3-/m0/s1. The Kier molecular flexibility index (Phi) is 3.42. The van der Waals surface area contributed by atoms with Crippen LogP contribution < -0.4 is 0 Å². The van der Waals surface area contributed by atoms with Crippen molar-refractivity contribution in [3.63, 3.8) is 0 Å².